The lowest BCUT2D eigenvalue weighted by molar-refractivity contribution is -0.145. The second kappa shape index (κ2) is 9.91. The van der Waals surface area contributed by atoms with Gasteiger partial charge in [0.05, 0.1) is 5.75 Å². The van der Waals surface area contributed by atoms with Crippen LogP contribution < -0.4 is 20.1 Å². The molecule has 142 valence electrons. The molecule has 1 aliphatic heterocycles. The van der Waals surface area contributed by atoms with Gasteiger partial charge in [0, 0.05) is 10.9 Å². The van der Waals surface area contributed by atoms with Crippen LogP contribution >= 0.6 is 11.8 Å². The summed E-state index contributed by atoms with van der Waals surface area (Å²) in [5.74, 6) is 0.120. The number of thioether (sulfide) groups is 1. The number of urea groups is 1. The van der Waals surface area contributed by atoms with E-state index in [4.69, 9.17) is 14.2 Å². The summed E-state index contributed by atoms with van der Waals surface area (Å²) in [5, 5.41) is 4.69. The van der Waals surface area contributed by atoms with Gasteiger partial charge in [-0.3, -0.25) is 14.9 Å². The van der Waals surface area contributed by atoms with Gasteiger partial charge in [-0.25, -0.2) is 4.79 Å². The van der Waals surface area contributed by atoms with Gasteiger partial charge in [-0.15, -0.1) is 11.8 Å². The second-order valence-corrected chi connectivity index (χ2v) is 6.63. The van der Waals surface area contributed by atoms with Crippen molar-refractivity contribution >= 4 is 29.7 Å². The molecule has 0 bridgehead atoms. The fourth-order valence-corrected chi connectivity index (χ4v) is 2.69. The van der Waals surface area contributed by atoms with Gasteiger partial charge in [-0.05, 0) is 31.5 Å². The monoisotopic (exact) mass is 382 g/mol. The molecule has 0 saturated carbocycles. The fraction of sp³-hybridized carbons (Fsp3) is 0.471. The van der Waals surface area contributed by atoms with E-state index < -0.39 is 24.5 Å². The van der Waals surface area contributed by atoms with Gasteiger partial charge in [0.1, 0.15) is 13.2 Å². The zero-order chi connectivity index (χ0) is 18.9. The number of hydrogen-bond acceptors (Lipinski definition) is 7. The maximum atomic E-state index is 11.7. The molecular weight excluding hydrogens is 360 g/mol. The van der Waals surface area contributed by atoms with Crippen LogP contribution in [0.4, 0.5) is 4.79 Å². The molecule has 1 aliphatic rings. The van der Waals surface area contributed by atoms with Crippen LogP contribution in [0.1, 0.15) is 20.3 Å². The number of esters is 1. The molecule has 0 saturated heterocycles. The van der Waals surface area contributed by atoms with Crippen LogP contribution in [-0.2, 0) is 14.3 Å². The molecule has 0 radical (unpaired) electrons. The molecule has 0 fully saturated rings. The van der Waals surface area contributed by atoms with Crippen LogP contribution in [0.15, 0.2) is 23.1 Å². The Morgan fingerprint density at radius 3 is 2.69 bits per heavy atom. The Balaban J connectivity index is 1.69. The predicted molar refractivity (Wildman–Crippen MR) is 95.5 cm³/mol. The van der Waals surface area contributed by atoms with Gasteiger partial charge < -0.3 is 19.5 Å². The Hall–Kier alpha value is -2.42. The number of ether oxygens (including phenoxy) is 3. The number of imide groups is 1. The van der Waals surface area contributed by atoms with Gasteiger partial charge >= 0.3 is 12.0 Å². The maximum Gasteiger partial charge on any atom is 0.321 e. The molecule has 8 nitrogen and oxygen atoms in total. The van der Waals surface area contributed by atoms with E-state index in [-0.39, 0.29) is 11.8 Å². The summed E-state index contributed by atoms with van der Waals surface area (Å²) >= 11 is 1.26. The molecule has 2 N–H and O–H groups in total. The van der Waals surface area contributed by atoms with Crippen molar-refractivity contribution in [1.29, 1.82) is 0 Å². The summed E-state index contributed by atoms with van der Waals surface area (Å²) in [6, 6.07) is 4.74. The van der Waals surface area contributed by atoms with Crippen molar-refractivity contribution in [2.75, 3.05) is 25.6 Å². The van der Waals surface area contributed by atoms with E-state index in [1.165, 1.54) is 11.8 Å². The highest BCUT2D eigenvalue weighted by Crippen LogP contribution is 2.34. The molecule has 0 spiro atoms. The Morgan fingerprint density at radius 1 is 1.23 bits per heavy atom. The Kier molecular flexibility index (Phi) is 7.58. The highest BCUT2D eigenvalue weighted by atomic mass is 32.2. The summed E-state index contributed by atoms with van der Waals surface area (Å²) in [4.78, 5) is 35.6. The third kappa shape index (κ3) is 6.47. The van der Waals surface area contributed by atoms with E-state index >= 15 is 0 Å². The van der Waals surface area contributed by atoms with Gasteiger partial charge in [-0.1, -0.05) is 6.92 Å². The fourth-order valence-electron chi connectivity index (χ4n) is 1.97. The van der Waals surface area contributed by atoms with Crippen LogP contribution in [-0.4, -0.2) is 49.5 Å². The first kappa shape index (κ1) is 19.9. The molecule has 9 heteroatoms. The molecule has 1 aromatic carbocycles. The van der Waals surface area contributed by atoms with Crippen LogP contribution in [0.5, 0.6) is 11.5 Å². The quantitative estimate of drug-likeness (QED) is 0.547. The SMILES string of the molecule is CC[C@H](C)NC(=O)NC(=O)COC(=O)CSc1ccc2c(c1)OCCO2. The minimum Gasteiger partial charge on any atom is -0.486 e. The van der Waals surface area contributed by atoms with Crippen molar-refractivity contribution in [3.05, 3.63) is 18.2 Å². The molecule has 0 unspecified atom stereocenters. The summed E-state index contributed by atoms with van der Waals surface area (Å²) in [5.41, 5.74) is 0. The third-order valence-corrected chi connectivity index (χ3v) is 4.44. The smallest absolute Gasteiger partial charge is 0.321 e. The van der Waals surface area contributed by atoms with E-state index in [2.05, 4.69) is 10.6 Å². The molecular formula is C17H22N2O6S. The largest absolute Gasteiger partial charge is 0.486 e. The highest BCUT2D eigenvalue weighted by Gasteiger charge is 2.14. The molecule has 1 heterocycles. The van der Waals surface area contributed by atoms with Gasteiger partial charge in [-0.2, -0.15) is 0 Å². The van der Waals surface area contributed by atoms with Crippen LogP contribution in [0.2, 0.25) is 0 Å². The molecule has 26 heavy (non-hydrogen) atoms. The third-order valence-electron chi connectivity index (χ3n) is 3.48. The highest BCUT2D eigenvalue weighted by molar-refractivity contribution is 8.00. The lowest BCUT2D eigenvalue weighted by Gasteiger charge is -2.18. The Bertz CT molecular complexity index is 667. The summed E-state index contributed by atoms with van der Waals surface area (Å²) < 4.78 is 15.8. The van der Waals surface area contributed by atoms with Crippen molar-refractivity contribution in [3.8, 4) is 11.5 Å². The van der Waals surface area contributed by atoms with Crippen LogP contribution in [0, 0.1) is 0 Å². The topological polar surface area (TPSA) is 103 Å². The number of carbonyl (C=O) groups is 3. The number of fused-ring (bicyclic) bond motifs is 1. The number of benzene rings is 1. The number of rotatable bonds is 7. The van der Waals surface area contributed by atoms with Crippen molar-refractivity contribution in [2.45, 2.75) is 31.2 Å². The van der Waals surface area contributed by atoms with Crippen molar-refractivity contribution in [3.63, 3.8) is 0 Å². The Labute approximate surface area is 155 Å². The van der Waals surface area contributed by atoms with E-state index in [9.17, 15) is 14.4 Å². The molecule has 2 rings (SSSR count). The minimum absolute atomic E-state index is 0.0337. The van der Waals surface area contributed by atoms with Gasteiger partial charge in [0.25, 0.3) is 5.91 Å². The van der Waals surface area contributed by atoms with Gasteiger partial charge in [0.15, 0.2) is 18.1 Å². The van der Waals surface area contributed by atoms with E-state index in [0.29, 0.717) is 24.7 Å². The zero-order valence-electron chi connectivity index (χ0n) is 14.7. The van der Waals surface area contributed by atoms with E-state index in [0.717, 1.165) is 11.3 Å². The molecule has 0 aromatic heterocycles. The summed E-state index contributed by atoms with van der Waals surface area (Å²) in [7, 11) is 0. The minimum atomic E-state index is -0.677. The van der Waals surface area contributed by atoms with Crippen LogP contribution in [0.3, 0.4) is 0 Å². The lowest BCUT2D eigenvalue weighted by Crippen LogP contribution is -2.44. The molecule has 3 amide bonds. The first-order valence-electron chi connectivity index (χ1n) is 8.26. The normalized spacial score (nSPS) is 13.5. The average Bonchev–Trinajstić information content (AvgIpc) is 2.64. The Morgan fingerprint density at radius 2 is 1.96 bits per heavy atom. The average molecular weight is 382 g/mol. The van der Waals surface area contributed by atoms with Crippen molar-refractivity contribution in [2.24, 2.45) is 0 Å². The first-order valence-corrected chi connectivity index (χ1v) is 9.25. The molecule has 1 atom stereocenters. The number of hydrogen-bond donors (Lipinski definition) is 2. The van der Waals surface area contributed by atoms with Crippen LogP contribution in [0.25, 0.3) is 0 Å². The predicted octanol–water partition coefficient (Wildman–Crippen LogP) is 1.72. The van der Waals surface area contributed by atoms with E-state index in [1.54, 1.807) is 12.1 Å². The zero-order valence-corrected chi connectivity index (χ0v) is 15.5. The number of carbonyl (C=O) groups excluding carboxylic acids is 3. The lowest BCUT2D eigenvalue weighted by atomic mass is 10.3. The van der Waals surface area contributed by atoms with E-state index in [1.807, 2.05) is 19.9 Å². The van der Waals surface area contributed by atoms with Crippen molar-refractivity contribution < 1.29 is 28.6 Å². The standard InChI is InChI=1S/C17H22N2O6S/c1-3-11(2)18-17(22)19-15(20)9-25-16(21)10-26-12-4-5-13-14(8-12)24-7-6-23-13/h4-5,8,11H,3,6-7,9-10H2,1-2H3,(H2,18,19,20,22)/t11-/m0/s1. The first-order chi connectivity index (χ1) is 12.5. The summed E-state index contributed by atoms with van der Waals surface area (Å²) in [6.45, 7) is 4.23. The summed E-state index contributed by atoms with van der Waals surface area (Å²) in [6.07, 6.45) is 0.744. The van der Waals surface area contributed by atoms with Crippen molar-refractivity contribution in [1.82, 2.24) is 10.6 Å². The maximum absolute atomic E-state index is 11.7. The molecule has 1 aromatic rings. The second-order valence-electron chi connectivity index (χ2n) is 5.59. The molecule has 0 aliphatic carbocycles. The van der Waals surface area contributed by atoms with Gasteiger partial charge in [0.2, 0.25) is 0 Å². The number of nitrogens with one attached hydrogen (secondary N) is 2. The number of amides is 3.